The molecule has 2 atom stereocenters. The summed E-state index contributed by atoms with van der Waals surface area (Å²) in [6, 6.07) is 0.0337. The Hall–Kier alpha value is -0.610. The van der Waals surface area contributed by atoms with Crippen molar-refractivity contribution in [3.05, 3.63) is 0 Å². The van der Waals surface area contributed by atoms with Crippen LogP contribution in [0.2, 0.25) is 0 Å². The fourth-order valence-electron chi connectivity index (χ4n) is 2.92. The van der Waals surface area contributed by atoms with Crippen LogP contribution in [-0.4, -0.2) is 49.6 Å². The predicted molar refractivity (Wildman–Crippen MR) is 73.4 cm³/mol. The highest BCUT2D eigenvalue weighted by molar-refractivity contribution is 5.82. The molecule has 2 aliphatic heterocycles. The molecule has 0 saturated carbocycles. The first-order valence-electron chi connectivity index (χ1n) is 7.40. The third-order valence-electron chi connectivity index (χ3n) is 4.42. The van der Waals surface area contributed by atoms with Crippen molar-refractivity contribution in [2.75, 3.05) is 32.7 Å². The number of nitrogens with one attached hydrogen (secondary N) is 2. The zero-order valence-corrected chi connectivity index (χ0v) is 11.7. The van der Waals surface area contributed by atoms with Crippen LogP contribution in [0.4, 0.5) is 0 Å². The highest BCUT2D eigenvalue weighted by Gasteiger charge is 2.28. The van der Waals surface area contributed by atoms with Crippen LogP contribution in [0.15, 0.2) is 0 Å². The molecule has 2 N–H and O–H groups in total. The Kier molecular flexibility index (Phi) is 5.01. The van der Waals surface area contributed by atoms with Crippen LogP contribution in [0.5, 0.6) is 0 Å². The van der Waals surface area contributed by atoms with Crippen molar-refractivity contribution < 1.29 is 4.79 Å². The van der Waals surface area contributed by atoms with Gasteiger partial charge in [-0.1, -0.05) is 13.8 Å². The molecule has 0 aromatic heterocycles. The number of hydrogen-bond donors (Lipinski definition) is 2. The maximum atomic E-state index is 12.0. The van der Waals surface area contributed by atoms with E-state index >= 15 is 0 Å². The second-order valence-corrected chi connectivity index (χ2v) is 6.01. The number of amides is 1. The van der Waals surface area contributed by atoms with E-state index in [2.05, 4.69) is 29.4 Å². The standard InChI is InChI=1S/C14H27N3O/c1-11-4-8-17(9-5-11)10-7-16-14(18)13-12(2)3-6-15-13/h11-13,15H,3-10H2,1-2H3,(H,16,18). The third kappa shape index (κ3) is 3.69. The van der Waals surface area contributed by atoms with Crippen LogP contribution in [-0.2, 0) is 4.79 Å². The molecule has 0 bridgehead atoms. The monoisotopic (exact) mass is 253 g/mol. The van der Waals surface area contributed by atoms with Crippen molar-refractivity contribution >= 4 is 5.91 Å². The molecule has 0 aliphatic carbocycles. The van der Waals surface area contributed by atoms with E-state index in [1.165, 1.54) is 25.9 Å². The van der Waals surface area contributed by atoms with Crippen LogP contribution in [0.1, 0.15) is 33.1 Å². The summed E-state index contributed by atoms with van der Waals surface area (Å²) in [5, 5.41) is 6.35. The van der Waals surface area contributed by atoms with Gasteiger partial charge in [-0.3, -0.25) is 4.79 Å². The van der Waals surface area contributed by atoms with Crippen molar-refractivity contribution in [2.24, 2.45) is 11.8 Å². The summed E-state index contributed by atoms with van der Waals surface area (Å²) in [5.41, 5.74) is 0. The minimum atomic E-state index is 0.0337. The summed E-state index contributed by atoms with van der Waals surface area (Å²) in [6.45, 7) is 9.62. The van der Waals surface area contributed by atoms with Gasteiger partial charge in [0.25, 0.3) is 0 Å². The lowest BCUT2D eigenvalue weighted by atomic mass is 9.99. The van der Waals surface area contributed by atoms with Crippen molar-refractivity contribution in [2.45, 2.75) is 39.2 Å². The van der Waals surface area contributed by atoms with Crippen molar-refractivity contribution in [1.29, 1.82) is 0 Å². The van der Waals surface area contributed by atoms with E-state index in [1.54, 1.807) is 0 Å². The average Bonchev–Trinajstić information content (AvgIpc) is 2.78. The number of likely N-dealkylation sites (tertiary alicyclic amines) is 1. The maximum absolute atomic E-state index is 12.0. The number of hydrogen-bond acceptors (Lipinski definition) is 3. The van der Waals surface area contributed by atoms with Crippen LogP contribution in [0.25, 0.3) is 0 Å². The number of carbonyl (C=O) groups is 1. The van der Waals surface area contributed by atoms with E-state index in [0.717, 1.165) is 32.0 Å². The molecule has 0 radical (unpaired) electrons. The zero-order chi connectivity index (χ0) is 13.0. The highest BCUT2D eigenvalue weighted by Crippen LogP contribution is 2.15. The summed E-state index contributed by atoms with van der Waals surface area (Å²) in [6.07, 6.45) is 3.71. The van der Waals surface area contributed by atoms with Crippen LogP contribution >= 0.6 is 0 Å². The Bertz CT molecular complexity index is 274. The highest BCUT2D eigenvalue weighted by atomic mass is 16.2. The normalized spacial score (nSPS) is 30.6. The molecule has 0 spiro atoms. The van der Waals surface area contributed by atoms with Gasteiger partial charge in [-0.25, -0.2) is 0 Å². The number of piperidine rings is 1. The summed E-state index contributed by atoms with van der Waals surface area (Å²) in [5.74, 6) is 1.53. The molecule has 4 nitrogen and oxygen atoms in total. The largest absolute Gasteiger partial charge is 0.353 e. The number of rotatable bonds is 4. The summed E-state index contributed by atoms with van der Waals surface area (Å²) < 4.78 is 0. The lowest BCUT2D eigenvalue weighted by Crippen LogP contribution is -2.46. The van der Waals surface area contributed by atoms with Crippen molar-refractivity contribution in [3.8, 4) is 0 Å². The number of carbonyl (C=O) groups excluding carboxylic acids is 1. The Balaban J connectivity index is 1.61. The zero-order valence-electron chi connectivity index (χ0n) is 11.7. The van der Waals surface area contributed by atoms with Gasteiger partial charge in [-0.2, -0.15) is 0 Å². The molecule has 104 valence electrons. The third-order valence-corrected chi connectivity index (χ3v) is 4.42. The van der Waals surface area contributed by atoms with Gasteiger partial charge in [0, 0.05) is 13.1 Å². The molecular weight excluding hydrogens is 226 g/mol. The van der Waals surface area contributed by atoms with E-state index in [0.29, 0.717) is 5.92 Å². The molecule has 2 rings (SSSR count). The maximum Gasteiger partial charge on any atom is 0.237 e. The first kappa shape index (κ1) is 13.8. The molecule has 2 aliphatic rings. The lowest BCUT2D eigenvalue weighted by molar-refractivity contribution is -0.123. The summed E-state index contributed by atoms with van der Waals surface area (Å²) in [4.78, 5) is 14.4. The Morgan fingerprint density at radius 1 is 1.28 bits per heavy atom. The Morgan fingerprint density at radius 2 is 2.00 bits per heavy atom. The first-order valence-corrected chi connectivity index (χ1v) is 7.40. The van der Waals surface area contributed by atoms with E-state index in [1.807, 2.05) is 0 Å². The minimum absolute atomic E-state index is 0.0337. The van der Waals surface area contributed by atoms with Gasteiger partial charge in [0.05, 0.1) is 6.04 Å². The summed E-state index contributed by atoms with van der Waals surface area (Å²) in [7, 11) is 0. The molecule has 4 heteroatoms. The van der Waals surface area contributed by atoms with E-state index < -0.39 is 0 Å². The minimum Gasteiger partial charge on any atom is -0.353 e. The van der Waals surface area contributed by atoms with E-state index in [-0.39, 0.29) is 11.9 Å². The second-order valence-electron chi connectivity index (χ2n) is 6.01. The molecular formula is C14H27N3O. The fourth-order valence-corrected chi connectivity index (χ4v) is 2.92. The molecule has 2 heterocycles. The summed E-state index contributed by atoms with van der Waals surface area (Å²) >= 11 is 0. The molecule has 2 fully saturated rings. The van der Waals surface area contributed by atoms with Crippen LogP contribution < -0.4 is 10.6 Å². The molecule has 18 heavy (non-hydrogen) atoms. The van der Waals surface area contributed by atoms with Crippen molar-refractivity contribution in [1.82, 2.24) is 15.5 Å². The van der Waals surface area contributed by atoms with Crippen LogP contribution in [0, 0.1) is 11.8 Å². The van der Waals surface area contributed by atoms with Gasteiger partial charge in [0.2, 0.25) is 5.91 Å². The van der Waals surface area contributed by atoms with E-state index in [9.17, 15) is 4.79 Å². The topological polar surface area (TPSA) is 44.4 Å². The van der Waals surface area contributed by atoms with Gasteiger partial charge in [0.15, 0.2) is 0 Å². The molecule has 1 amide bonds. The molecule has 2 saturated heterocycles. The smallest absolute Gasteiger partial charge is 0.237 e. The van der Waals surface area contributed by atoms with Crippen LogP contribution in [0.3, 0.4) is 0 Å². The average molecular weight is 253 g/mol. The van der Waals surface area contributed by atoms with Gasteiger partial charge >= 0.3 is 0 Å². The number of nitrogens with zero attached hydrogens (tertiary/aromatic N) is 1. The lowest BCUT2D eigenvalue weighted by Gasteiger charge is -2.30. The molecule has 0 aromatic carbocycles. The van der Waals surface area contributed by atoms with Gasteiger partial charge in [0.1, 0.15) is 0 Å². The Labute approximate surface area is 110 Å². The van der Waals surface area contributed by atoms with Gasteiger partial charge in [-0.15, -0.1) is 0 Å². The first-order chi connectivity index (χ1) is 8.66. The predicted octanol–water partition coefficient (Wildman–Crippen LogP) is 0.833. The quantitative estimate of drug-likeness (QED) is 0.780. The van der Waals surface area contributed by atoms with Gasteiger partial charge < -0.3 is 15.5 Å². The molecule has 2 unspecified atom stereocenters. The Morgan fingerprint density at radius 3 is 2.61 bits per heavy atom. The molecule has 0 aromatic rings. The fraction of sp³-hybridized carbons (Fsp3) is 0.929. The SMILES string of the molecule is CC1CCN(CCNC(=O)C2NCCC2C)CC1. The van der Waals surface area contributed by atoms with Gasteiger partial charge in [-0.05, 0) is 50.7 Å². The van der Waals surface area contributed by atoms with E-state index in [4.69, 9.17) is 0 Å². The van der Waals surface area contributed by atoms with Crippen molar-refractivity contribution in [3.63, 3.8) is 0 Å². The second kappa shape index (κ2) is 6.53.